The van der Waals surface area contributed by atoms with Crippen LogP contribution in [0.5, 0.6) is 5.75 Å². The Balaban J connectivity index is 1.67. The lowest BCUT2D eigenvalue weighted by molar-refractivity contribution is -0.113. The molecule has 1 aromatic heterocycles. The van der Waals surface area contributed by atoms with Crippen molar-refractivity contribution in [3.8, 4) is 5.75 Å². The van der Waals surface area contributed by atoms with E-state index in [9.17, 15) is 4.79 Å². The number of aromatic nitrogens is 3. The zero-order chi connectivity index (χ0) is 21.5. The normalized spacial score (nSPS) is 11.7. The van der Waals surface area contributed by atoms with Crippen molar-refractivity contribution in [2.75, 3.05) is 11.1 Å². The molecular weight excluding hydrogens is 443 g/mol. The fourth-order valence-electron chi connectivity index (χ4n) is 2.67. The zero-order valence-corrected chi connectivity index (χ0v) is 18.5. The van der Waals surface area contributed by atoms with Gasteiger partial charge in [0, 0.05) is 11.6 Å². The summed E-state index contributed by atoms with van der Waals surface area (Å²) in [5.74, 6) is 1.30. The number of hydrogen-bond acceptors (Lipinski definition) is 5. The van der Waals surface area contributed by atoms with Crippen LogP contribution in [0.3, 0.4) is 0 Å². The topological polar surface area (TPSA) is 69.0 Å². The molecule has 0 spiro atoms. The summed E-state index contributed by atoms with van der Waals surface area (Å²) < 4.78 is 7.84. The van der Waals surface area contributed by atoms with Crippen molar-refractivity contribution in [1.29, 1.82) is 0 Å². The molecule has 6 nitrogen and oxygen atoms in total. The van der Waals surface area contributed by atoms with Gasteiger partial charge in [-0.15, -0.1) is 16.8 Å². The molecule has 0 aliphatic rings. The second-order valence-electron chi connectivity index (χ2n) is 6.27. The highest BCUT2D eigenvalue weighted by atomic mass is 35.5. The van der Waals surface area contributed by atoms with Crippen LogP contribution < -0.4 is 10.1 Å². The van der Waals surface area contributed by atoms with E-state index in [0.29, 0.717) is 33.3 Å². The molecule has 156 valence electrons. The summed E-state index contributed by atoms with van der Waals surface area (Å²) in [5.41, 5.74) is 0.466. The molecule has 1 amide bonds. The molecule has 9 heteroatoms. The van der Waals surface area contributed by atoms with Gasteiger partial charge in [-0.1, -0.05) is 59.2 Å². The van der Waals surface area contributed by atoms with Gasteiger partial charge in [-0.05, 0) is 37.3 Å². The summed E-state index contributed by atoms with van der Waals surface area (Å²) in [7, 11) is 0. The van der Waals surface area contributed by atoms with Crippen LogP contribution in [0.4, 0.5) is 5.69 Å². The van der Waals surface area contributed by atoms with E-state index in [2.05, 4.69) is 22.1 Å². The second kappa shape index (κ2) is 10.5. The molecule has 3 aromatic rings. The van der Waals surface area contributed by atoms with Crippen LogP contribution in [-0.4, -0.2) is 26.4 Å². The minimum atomic E-state index is -0.326. The maximum absolute atomic E-state index is 12.4. The second-order valence-corrected chi connectivity index (χ2v) is 8.06. The third kappa shape index (κ3) is 5.78. The smallest absolute Gasteiger partial charge is 0.234 e. The van der Waals surface area contributed by atoms with Crippen LogP contribution in [0.15, 0.2) is 66.3 Å². The molecule has 1 N–H and O–H groups in total. The third-order valence-electron chi connectivity index (χ3n) is 4.01. The Kier molecular flexibility index (Phi) is 7.79. The molecule has 0 bridgehead atoms. The van der Waals surface area contributed by atoms with Gasteiger partial charge < -0.3 is 10.1 Å². The summed E-state index contributed by atoms with van der Waals surface area (Å²) in [6.07, 6.45) is 1.42. The number of amides is 1. The highest BCUT2D eigenvalue weighted by Crippen LogP contribution is 2.27. The number of anilines is 1. The number of benzene rings is 2. The van der Waals surface area contributed by atoms with Crippen molar-refractivity contribution in [3.05, 3.63) is 77.1 Å². The first-order chi connectivity index (χ1) is 14.5. The number of rotatable bonds is 9. The van der Waals surface area contributed by atoms with Gasteiger partial charge in [0.15, 0.2) is 17.1 Å². The monoisotopic (exact) mass is 462 g/mol. The molecule has 30 heavy (non-hydrogen) atoms. The van der Waals surface area contributed by atoms with Gasteiger partial charge in [-0.25, -0.2) is 0 Å². The lowest BCUT2D eigenvalue weighted by Gasteiger charge is -2.15. The molecule has 0 saturated carbocycles. The number of ether oxygens (including phenoxy) is 1. The number of carbonyl (C=O) groups is 1. The first-order valence-electron chi connectivity index (χ1n) is 9.11. The SMILES string of the molecule is C=CCn1c(SCC(=O)Nc2cc(Cl)ccc2Cl)nnc1[C@@H](C)Oc1ccccc1. The van der Waals surface area contributed by atoms with Crippen LogP contribution in [0.1, 0.15) is 18.9 Å². The maximum atomic E-state index is 12.4. The quantitative estimate of drug-likeness (QED) is 0.329. The van der Waals surface area contributed by atoms with E-state index >= 15 is 0 Å². The highest BCUT2D eigenvalue weighted by molar-refractivity contribution is 7.99. The average Bonchev–Trinajstić information content (AvgIpc) is 3.13. The Hall–Kier alpha value is -2.48. The van der Waals surface area contributed by atoms with E-state index < -0.39 is 0 Å². The van der Waals surface area contributed by atoms with Crippen molar-refractivity contribution in [2.24, 2.45) is 0 Å². The number of thioether (sulfide) groups is 1. The van der Waals surface area contributed by atoms with Crippen molar-refractivity contribution in [3.63, 3.8) is 0 Å². The maximum Gasteiger partial charge on any atom is 0.234 e. The van der Waals surface area contributed by atoms with E-state index in [1.165, 1.54) is 11.8 Å². The van der Waals surface area contributed by atoms with Gasteiger partial charge in [-0.3, -0.25) is 9.36 Å². The molecule has 0 fully saturated rings. The van der Waals surface area contributed by atoms with Gasteiger partial charge in [0.1, 0.15) is 5.75 Å². The first-order valence-corrected chi connectivity index (χ1v) is 10.9. The zero-order valence-electron chi connectivity index (χ0n) is 16.2. The van der Waals surface area contributed by atoms with Crippen molar-refractivity contribution in [2.45, 2.75) is 24.7 Å². The molecule has 0 unspecified atom stereocenters. The molecule has 1 heterocycles. The lowest BCUT2D eigenvalue weighted by atomic mass is 10.3. The number of carbonyl (C=O) groups excluding carboxylic acids is 1. The van der Waals surface area contributed by atoms with Crippen LogP contribution in [-0.2, 0) is 11.3 Å². The number of nitrogens with one attached hydrogen (secondary N) is 1. The number of hydrogen-bond donors (Lipinski definition) is 1. The van der Waals surface area contributed by atoms with Crippen LogP contribution in [0.25, 0.3) is 0 Å². The lowest BCUT2D eigenvalue weighted by Crippen LogP contribution is -2.15. The van der Waals surface area contributed by atoms with Gasteiger partial charge >= 0.3 is 0 Å². The summed E-state index contributed by atoms with van der Waals surface area (Å²) in [4.78, 5) is 12.4. The Bertz CT molecular complexity index is 1030. The minimum absolute atomic E-state index is 0.131. The van der Waals surface area contributed by atoms with Crippen molar-refractivity contribution < 1.29 is 9.53 Å². The molecule has 0 aliphatic carbocycles. The molecule has 1 atom stereocenters. The summed E-state index contributed by atoms with van der Waals surface area (Å²) >= 11 is 13.3. The number of nitrogens with zero attached hydrogens (tertiary/aromatic N) is 3. The van der Waals surface area contributed by atoms with Gasteiger partial charge in [0.25, 0.3) is 0 Å². The summed E-state index contributed by atoms with van der Waals surface area (Å²) in [6.45, 7) is 6.19. The van der Waals surface area contributed by atoms with Gasteiger partial charge in [0.05, 0.1) is 16.5 Å². The third-order valence-corrected chi connectivity index (χ3v) is 5.54. The highest BCUT2D eigenvalue weighted by Gasteiger charge is 2.20. The summed E-state index contributed by atoms with van der Waals surface area (Å²) in [6, 6.07) is 14.4. The summed E-state index contributed by atoms with van der Waals surface area (Å²) in [5, 5.41) is 12.8. The van der Waals surface area contributed by atoms with E-state index in [4.69, 9.17) is 27.9 Å². The minimum Gasteiger partial charge on any atom is -0.483 e. The molecule has 0 radical (unpaired) electrons. The van der Waals surface area contributed by atoms with Gasteiger partial charge in [-0.2, -0.15) is 0 Å². The molecule has 0 saturated heterocycles. The number of allylic oxidation sites excluding steroid dienone is 1. The number of para-hydroxylation sites is 1. The van der Waals surface area contributed by atoms with Gasteiger partial charge in [0.2, 0.25) is 5.91 Å². The Morgan fingerprint density at radius 3 is 2.77 bits per heavy atom. The Morgan fingerprint density at radius 2 is 2.03 bits per heavy atom. The standard InChI is InChI=1S/C21H20Cl2N4O2S/c1-3-11-27-20(14(2)29-16-7-5-4-6-8-16)25-26-21(27)30-13-19(28)24-18-12-15(22)9-10-17(18)23/h3-10,12,14H,1,11,13H2,2H3,(H,24,28)/t14-/m1/s1. The van der Waals surface area contributed by atoms with E-state index in [1.807, 2.05) is 41.8 Å². The van der Waals surface area contributed by atoms with Crippen LogP contribution in [0, 0.1) is 0 Å². The average molecular weight is 463 g/mol. The van der Waals surface area contributed by atoms with E-state index in [0.717, 1.165) is 5.75 Å². The van der Waals surface area contributed by atoms with Crippen molar-refractivity contribution >= 4 is 46.6 Å². The first kappa shape index (κ1) is 22.2. The molecular formula is C21H20Cl2N4O2S. The molecule has 2 aromatic carbocycles. The largest absolute Gasteiger partial charge is 0.483 e. The van der Waals surface area contributed by atoms with E-state index in [-0.39, 0.29) is 17.8 Å². The molecule has 3 rings (SSSR count). The fraction of sp³-hybridized carbons (Fsp3) is 0.190. The Morgan fingerprint density at radius 1 is 1.27 bits per heavy atom. The molecule has 0 aliphatic heterocycles. The predicted molar refractivity (Wildman–Crippen MR) is 122 cm³/mol. The number of halogens is 2. The van der Waals surface area contributed by atoms with Crippen molar-refractivity contribution in [1.82, 2.24) is 14.8 Å². The predicted octanol–water partition coefficient (Wildman–Crippen LogP) is 5.64. The Labute approximate surface area is 189 Å². The van der Waals surface area contributed by atoms with E-state index in [1.54, 1.807) is 24.3 Å². The van der Waals surface area contributed by atoms with Crippen LogP contribution in [0.2, 0.25) is 10.0 Å². The fourth-order valence-corrected chi connectivity index (χ4v) is 3.77. The van der Waals surface area contributed by atoms with Crippen LogP contribution >= 0.6 is 35.0 Å².